The van der Waals surface area contributed by atoms with E-state index >= 15 is 0 Å². The van der Waals surface area contributed by atoms with Crippen molar-refractivity contribution in [2.45, 2.75) is 6.04 Å². The Kier molecular flexibility index (Phi) is 1.90. The summed E-state index contributed by atoms with van der Waals surface area (Å²) in [6.07, 6.45) is 0. The molecule has 3 N–H and O–H groups in total. The van der Waals surface area contributed by atoms with E-state index in [0.717, 1.165) is 22.4 Å². The second-order valence-corrected chi connectivity index (χ2v) is 4.87. The maximum absolute atomic E-state index is 11.8. The van der Waals surface area contributed by atoms with Crippen LogP contribution in [0.1, 0.15) is 28.3 Å². The van der Waals surface area contributed by atoms with Crippen molar-refractivity contribution in [3.05, 3.63) is 70.8 Å². The van der Waals surface area contributed by atoms with Gasteiger partial charge < -0.3 is 11.1 Å². The molecule has 1 unspecified atom stereocenters. The molecule has 0 saturated carbocycles. The number of nitrogens with one attached hydrogen (secondary N) is 1. The van der Waals surface area contributed by atoms with Gasteiger partial charge in [0.25, 0.3) is 5.91 Å². The summed E-state index contributed by atoms with van der Waals surface area (Å²) in [4.78, 5) is 11.8. The Balaban J connectivity index is 2.13. The van der Waals surface area contributed by atoms with Crippen LogP contribution in [0.2, 0.25) is 0 Å². The second-order valence-electron chi connectivity index (χ2n) is 4.87. The summed E-state index contributed by atoms with van der Waals surface area (Å²) < 4.78 is 0. The number of fused-ring (bicyclic) bond motifs is 7. The summed E-state index contributed by atoms with van der Waals surface area (Å²) in [7, 11) is 0. The largest absolute Gasteiger partial charge is 0.373 e. The van der Waals surface area contributed by atoms with Crippen molar-refractivity contribution in [3.63, 3.8) is 0 Å². The first-order chi connectivity index (χ1) is 9.27. The molecule has 2 heterocycles. The minimum atomic E-state index is -0.384. The van der Waals surface area contributed by atoms with E-state index in [2.05, 4.69) is 17.4 Å². The Morgan fingerprint density at radius 2 is 1.53 bits per heavy atom. The van der Waals surface area contributed by atoms with Gasteiger partial charge in [-0.15, -0.1) is 0 Å². The zero-order chi connectivity index (χ0) is 13.0. The average molecular weight is 248 g/mol. The maximum Gasteiger partial charge on any atom is 0.251 e. The van der Waals surface area contributed by atoms with Crippen LogP contribution in [0.25, 0.3) is 11.3 Å². The van der Waals surface area contributed by atoms with Crippen LogP contribution >= 0.6 is 0 Å². The Morgan fingerprint density at radius 3 is 2.21 bits per heavy atom. The van der Waals surface area contributed by atoms with Gasteiger partial charge in [0.1, 0.15) is 0 Å². The fraction of sp³-hybridized carbons (Fsp3) is 0.0625. The first-order valence-corrected chi connectivity index (χ1v) is 6.26. The van der Waals surface area contributed by atoms with Gasteiger partial charge in [0.15, 0.2) is 0 Å². The molecule has 0 aliphatic carbocycles. The van der Waals surface area contributed by atoms with Gasteiger partial charge in [0.2, 0.25) is 0 Å². The molecule has 2 aromatic rings. The molecule has 0 fully saturated rings. The molecule has 2 bridgehead atoms. The molecular formula is C16H12N2O. The van der Waals surface area contributed by atoms with E-state index in [4.69, 9.17) is 5.73 Å². The summed E-state index contributed by atoms with van der Waals surface area (Å²) >= 11 is 0. The zero-order valence-electron chi connectivity index (χ0n) is 10.2. The molecule has 2 aliphatic heterocycles. The highest BCUT2D eigenvalue weighted by atomic mass is 16.1. The molecule has 4 rings (SSSR count). The number of primary amides is 1. The molecule has 3 heteroatoms. The molecular weight excluding hydrogens is 236 g/mol. The SMILES string of the molecule is NC(=O)C1=C2NC(c3ccccc32)c2ccccc21. The molecule has 0 radical (unpaired) electrons. The zero-order valence-corrected chi connectivity index (χ0v) is 10.2. The molecule has 0 saturated heterocycles. The lowest BCUT2D eigenvalue weighted by Crippen LogP contribution is -2.25. The van der Waals surface area contributed by atoms with Crippen LogP contribution in [0.15, 0.2) is 48.5 Å². The monoisotopic (exact) mass is 248 g/mol. The molecule has 92 valence electrons. The Bertz CT molecular complexity index is 746. The smallest absolute Gasteiger partial charge is 0.251 e. The highest BCUT2D eigenvalue weighted by Crippen LogP contribution is 2.46. The van der Waals surface area contributed by atoms with Gasteiger partial charge in [-0.1, -0.05) is 48.5 Å². The summed E-state index contributed by atoms with van der Waals surface area (Å²) in [5.74, 6) is -0.384. The van der Waals surface area contributed by atoms with E-state index in [0.29, 0.717) is 5.57 Å². The van der Waals surface area contributed by atoms with Crippen molar-refractivity contribution in [2.75, 3.05) is 0 Å². The number of carbonyl (C=O) groups is 1. The molecule has 0 aromatic heterocycles. The van der Waals surface area contributed by atoms with Crippen molar-refractivity contribution in [2.24, 2.45) is 5.73 Å². The normalized spacial score (nSPS) is 18.6. The van der Waals surface area contributed by atoms with Crippen LogP contribution in [0, 0.1) is 0 Å². The van der Waals surface area contributed by atoms with Crippen LogP contribution in [0.4, 0.5) is 0 Å². The number of amides is 1. The van der Waals surface area contributed by atoms with Gasteiger partial charge in [-0.05, 0) is 16.7 Å². The number of hydrogen-bond donors (Lipinski definition) is 2. The number of nitrogens with two attached hydrogens (primary N) is 1. The van der Waals surface area contributed by atoms with Gasteiger partial charge in [-0.2, -0.15) is 0 Å². The fourth-order valence-electron chi connectivity index (χ4n) is 3.10. The lowest BCUT2D eigenvalue weighted by molar-refractivity contribution is -0.112. The summed E-state index contributed by atoms with van der Waals surface area (Å²) in [6.45, 7) is 0. The molecule has 2 aliphatic rings. The number of hydrogen-bond acceptors (Lipinski definition) is 2. The molecule has 3 nitrogen and oxygen atoms in total. The lowest BCUT2D eigenvalue weighted by Gasteiger charge is -2.23. The minimum Gasteiger partial charge on any atom is -0.373 e. The second kappa shape index (κ2) is 3.48. The third kappa shape index (κ3) is 1.24. The van der Waals surface area contributed by atoms with E-state index in [1.165, 1.54) is 5.56 Å². The van der Waals surface area contributed by atoms with Crippen molar-refractivity contribution >= 4 is 17.2 Å². The van der Waals surface area contributed by atoms with Gasteiger partial charge in [-0.25, -0.2) is 0 Å². The summed E-state index contributed by atoms with van der Waals surface area (Å²) in [6, 6.07) is 16.2. The van der Waals surface area contributed by atoms with Gasteiger partial charge in [0, 0.05) is 5.56 Å². The van der Waals surface area contributed by atoms with Crippen LogP contribution in [0.5, 0.6) is 0 Å². The average Bonchev–Trinajstić information content (AvgIpc) is 2.75. The Hall–Kier alpha value is -2.55. The standard InChI is InChI=1S/C16H12N2O/c17-16(19)13-9-5-1-2-6-10(9)14-11-7-3-4-8-12(11)15(13)18-14/h1-8,14,18H,(H2,17,19). The van der Waals surface area contributed by atoms with Crippen molar-refractivity contribution in [1.29, 1.82) is 0 Å². The molecule has 0 spiro atoms. The van der Waals surface area contributed by atoms with E-state index in [1.54, 1.807) is 0 Å². The van der Waals surface area contributed by atoms with Crippen molar-refractivity contribution < 1.29 is 4.79 Å². The van der Waals surface area contributed by atoms with E-state index in [9.17, 15) is 4.79 Å². The first-order valence-electron chi connectivity index (χ1n) is 6.26. The Morgan fingerprint density at radius 1 is 0.947 bits per heavy atom. The summed E-state index contributed by atoms with van der Waals surface area (Å²) in [5.41, 5.74) is 11.4. The topological polar surface area (TPSA) is 55.1 Å². The first kappa shape index (κ1) is 10.4. The molecule has 1 atom stereocenters. The predicted octanol–water partition coefficient (Wildman–Crippen LogP) is 2.05. The number of benzene rings is 2. The maximum atomic E-state index is 11.8. The van der Waals surface area contributed by atoms with E-state index < -0.39 is 0 Å². The van der Waals surface area contributed by atoms with Crippen LogP contribution < -0.4 is 11.1 Å². The van der Waals surface area contributed by atoms with E-state index in [1.807, 2.05) is 36.4 Å². The van der Waals surface area contributed by atoms with Gasteiger partial charge >= 0.3 is 0 Å². The Labute approximate surface area is 110 Å². The lowest BCUT2D eigenvalue weighted by atomic mass is 9.91. The van der Waals surface area contributed by atoms with Crippen molar-refractivity contribution in [3.8, 4) is 0 Å². The quantitative estimate of drug-likeness (QED) is 0.811. The van der Waals surface area contributed by atoms with Gasteiger partial charge in [0.05, 0.1) is 17.3 Å². The molecule has 1 amide bonds. The van der Waals surface area contributed by atoms with Crippen LogP contribution in [-0.4, -0.2) is 5.91 Å². The molecule has 2 aromatic carbocycles. The van der Waals surface area contributed by atoms with Gasteiger partial charge in [-0.3, -0.25) is 4.79 Å². The highest BCUT2D eigenvalue weighted by Gasteiger charge is 2.36. The molecule has 19 heavy (non-hydrogen) atoms. The van der Waals surface area contributed by atoms with Crippen LogP contribution in [0.3, 0.4) is 0 Å². The third-order valence-corrected chi connectivity index (χ3v) is 3.87. The van der Waals surface area contributed by atoms with Crippen LogP contribution in [-0.2, 0) is 4.79 Å². The number of rotatable bonds is 1. The number of carbonyl (C=O) groups excluding carboxylic acids is 1. The predicted molar refractivity (Wildman–Crippen MR) is 73.9 cm³/mol. The fourth-order valence-corrected chi connectivity index (χ4v) is 3.10. The van der Waals surface area contributed by atoms with E-state index in [-0.39, 0.29) is 11.9 Å². The third-order valence-electron chi connectivity index (χ3n) is 3.87. The summed E-state index contributed by atoms with van der Waals surface area (Å²) in [5, 5.41) is 3.42. The minimum absolute atomic E-state index is 0.130. The van der Waals surface area contributed by atoms with Crippen molar-refractivity contribution in [1.82, 2.24) is 5.32 Å². The highest BCUT2D eigenvalue weighted by molar-refractivity contribution is 6.27.